The average molecular weight is 481 g/mol. The molecule has 2 aliphatic rings. The molecule has 2 fully saturated rings. The van der Waals surface area contributed by atoms with Crippen LogP contribution in [0.4, 0.5) is 11.5 Å². The molecule has 0 atom stereocenters. The van der Waals surface area contributed by atoms with Gasteiger partial charge in [-0.25, -0.2) is 9.97 Å². The zero-order chi connectivity index (χ0) is 24.5. The molecule has 2 saturated heterocycles. The van der Waals surface area contributed by atoms with Crippen molar-refractivity contribution in [1.29, 1.82) is 0 Å². The molecule has 0 radical (unpaired) electrons. The van der Waals surface area contributed by atoms with E-state index in [-0.39, 0.29) is 18.9 Å². The minimum atomic E-state index is -0.0593. The highest BCUT2D eigenvalue weighted by Crippen LogP contribution is 2.27. The molecule has 10 nitrogen and oxygen atoms in total. The second-order valence-corrected chi connectivity index (χ2v) is 8.14. The lowest BCUT2D eigenvalue weighted by Gasteiger charge is -2.28. The molecule has 2 N–H and O–H groups in total. The highest BCUT2D eigenvalue weighted by atomic mass is 16.5. The third kappa shape index (κ3) is 6.41. The van der Waals surface area contributed by atoms with Gasteiger partial charge in [0.2, 0.25) is 5.91 Å². The molecule has 5 rings (SSSR count). The minimum absolute atomic E-state index is 0.0239. The van der Waals surface area contributed by atoms with Crippen LogP contribution >= 0.6 is 0 Å². The van der Waals surface area contributed by atoms with Crippen LogP contribution in [0.15, 0.2) is 42.7 Å². The van der Waals surface area contributed by atoms with Gasteiger partial charge < -0.3 is 29.7 Å². The number of hydrogen-bond donors (Lipinski definition) is 2. The number of rotatable bonds is 5. The SMILES string of the molecule is CNc1nc(-c2ccc(N3CCOCC3)cc2)cc2nccnc12.O=C(CCO)N1CCOCC1. The van der Waals surface area contributed by atoms with Gasteiger partial charge in [-0.3, -0.25) is 9.78 Å². The summed E-state index contributed by atoms with van der Waals surface area (Å²) in [6, 6.07) is 10.5. The zero-order valence-corrected chi connectivity index (χ0v) is 20.0. The number of carbonyl (C=O) groups is 1. The van der Waals surface area contributed by atoms with Crippen molar-refractivity contribution < 1.29 is 19.4 Å². The van der Waals surface area contributed by atoms with Crippen molar-refractivity contribution in [3.63, 3.8) is 0 Å². The van der Waals surface area contributed by atoms with Gasteiger partial charge in [-0.2, -0.15) is 0 Å². The first-order valence-electron chi connectivity index (χ1n) is 11.9. The zero-order valence-electron chi connectivity index (χ0n) is 20.0. The smallest absolute Gasteiger partial charge is 0.225 e. The number of carbonyl (C=O) groups excluding carboxylic acids is 1. The molecule has 0 spiro atoms. The molecule has 10 heteroatoms. The number of morpholine rings is 2. The Bertz CT molecular complexity index is 1100. The maximum Gasteiger partial charge on any atom is 0.225 e. The lowest BCUT2D eigenvalue weighted by atomic mass is 10.1. The summed E-state index contributed by atoms with van der Waals surface area (Å²) in [4.78, 5) is 28.6. The van der Waals surface area contributed by atoms with E-state index in [1.54, 1.807) is 17.3 Å². The number of hydrogen-bond acceptors (Lipinski definition) is 9. The topological polar surface area (TPSA) is 113 Å². The molecular formula is C25H32N6O4. The third-order valence-electron chi connectivity index (χ3n) is 5.92. The quantitative estimate of drug-likeness (QED) is 0.564. The molecular weight excluding hydrogens is 448 g/mol. The summed E-state index contributed by atoms with van der Waals surface area (Å²) in [6.45, 7) is 5.97. The van der Waals surface area contributed by atoms with Crippen LogP contribution in [-0.2, 0) is 14.3 Å². The van der Waals surface area contributed by atoms with Crippen molar-refractivity contribution in [2.24, 2.45) is 0 Å². The van der Waals surface area contributed by atoms with Gasteiger partial charge in [0.1, 0.15) is 5.52 Å². The van der Waals surface area contributed by atoms with E-state index < -0.39 is 0 Å². The van der Waals surface area contributed by atoms with Gasteiger partial charge in [0.05, 0.1) is 44.2 Å². The summed E-state index contributed by atoms with van der Waals surface area (Å²) in [5, 5.41) is 11.6. The highest BCUT2D eigenvalue weighted by Gasteiger charge is 2.15. The second-order valence-electron chi connectivity index (χ2n) is 8.14. The highest BCUT2D eigenvalue weighted by molar-refractivity contribution is 5.88. The Hall–Kier alpha value is -3.34. The van der Waals surface area contributed by atoms with Gasteiger partial charge in [-0.1, -0.05) is 12.1 Å². The molecule has 186 valence electrons. The number of nitrogens with zero attached hydrogens (tertiary/aromatic N) is 5. The number of ether oxygens (including phenoxy) is 2. The van der Waals surface area contributed by atoms with Crippen LogP contribution in [0.2, 0.25) is 0 Å². The van der Waals surface area contributed by atoms with Crippen molar-refractivity contribution in [3.8, 4) is 11.3 Å². The van der Waals surface area contributed by atoms with Crippen LogP contribution in [0.1, 0.15) is 6.42 Å². The first-order chi connectivity index (χ1) is 17.2. The molecule has 0 unspecified atom stereocenters. The van der Waals surface area contributed by atoms with E-state index in [1.165, 1.54) is 5.69 Å². The van der Waals surface area contributed by atoms with Crippen molar-refractivity contribution >= 4 is 28.4 Å². The number of aliphatic hydroxyl groups is 1. The van der Waals surface area contributed by atoms with E-state index >= 15 is 0 Å². The fourth-order valence-electron chi connectivity index (χ4n) is 4.03. The van der Waals surface area contributed by atoms with E-state index in [4.69, 9.17) is 14.6 Å². The number of aromatic nitrogens is 3. The Morgan fingerprint density at radius 3 is 2.31 bits per heavy atom. The number of fused-ring (bicyclic) bond motifs is 1. The number of amides is 1. The first kappa shape index (κ1) is 24.8. The average Bonchev–Trinajstić information content (AvgIpc) is 2.94. The van der Waals surface area contributed by atoms with Crippen LogP contribution in [0.5, 0.6) is 0 Å². The van der Waals surface area contributed by atoms with Crippen LogP contribution in [0.25, 0.3) is 22.3 Å². The number of aliphatic hydroxyl groups excluding tert-OH is 1. The Morgan fingerprint density at radius 2 is 1.66 bits per heavy atom. The van der Waals surface area contributed by atoms with Crippen molar-refractivity contribution in [3.05, 3.63) is 42.7 Å². The minimum Gasteiger partial charge on any atom is -0.396 e. The lowest BCUT2D eigenvalue weighted by molar-refractivity contribution is -0.135. The van der Waals surface area contributed by atoms with Gasteiger partial charge >= 0.3 is 0 Å². The van der Waals surface area contributed by atoms with E-state index in [1.807, 2.05) is 13.1 Å². The van der Waals surface area contributed by atoms with Crippen LogP contribution in [0, 0.1) is 0 Å². The number of pyridine rings is 1. The summed E-state index contributed by atoms with van der Waals surface area (Å²) in [6.07, 6.45) is 3.62. The molecule has 2 aliphatic heterocycles. The fraction of sp³-hybridized carbons (Fsp3) is 0.440. The summed E-state index contributed by atoms with van der Waals surface area (Å²) in [7, 11) is 1.85. The maximum atomic E-state index is 11.1. The monoisotopic (exact) mass is 480 g/mol. The number of benzene rings is 1. The molecule has 4 heterocycles. The van der Waals surface area contributed by atoms with Crippen LogP contribution < -0.4 is 10.2 Å². The van der Waals surface area contributed by atoms with Crippen LogP contribution in [0.3, 0.4) is 0 Å². The van der Waals surface area contributed by atoms with Crippen molar-refractivity contribution in [2.45, 2.75) is 6.42 Å². The molecule has 1 amide bonds. The Kier molecular flexibility index (Phi) is 8.77. The molecule has 3 aromatic rings. The molecule has 0 aliphatic carbocycles. The first-order valence-corrected chi connectivity index (χ1v) is 11.9. The van der Waals surface area contributed by atoms with Gasteiger partial charge in [-0.15, -0.1) is 0 Å². The summed E-state index contributed by atoms with van der Waals surface area (Å²) in [5.74, 6) is 0.767. The largest absolute Gasteiger partial charge is 0.396 e. The van der Waals surface area contributed by atoms with Gasteiger partial charge in [0, 0.05) is 63.3 Å². The molecule has 2 aromatic heterocycles. The van der Waals surface area contributed by atoms with Crippen molar-refractivity contribution in [2.75, 3.05) is 76.5 Å². The normalized spacial score (nSPS) is 15.9. The molecule has 0 saturated carbocycles. The second kappa shape index (κ2) is 12.4. The van der Waals surface area contributed by atoms with E-state index in [0.29, 0.717) is 26.3 Å². The number of nitrogens with one attached hydrogen (secondary N) is 1. The maximum absolute atomic E-state index is 11.1. The number of anilines is 2. The lowest BCUT2D eigenvalue weighted by Crippen LogP contribution is -2.40. The van der Waals surface area contributed by atoms with E-state index in [9.17, 15) is 4.79 Å². The summed E-state index contributed by atoms with van der Waals surface area (Å²) >= 11 is 0. The van der Waals surface area contributed by atoms with Crippen molar-refractivity contribution in [1.82, 2.24) is 19.9 Å². The van der Waals surface area contributed by atoms with E-state index in [0.717, 1.165) is 54.4 Å². The third-order valence-corrected chi connectivity index (χ3v) is 5.92. The van der Waals surface area contributed by atoms with Gasteiger partial charge in [-0.05, 0) is 18.2 Å². The summed E-state index contributed by atoms with van der Waals surface area (Å²) in [5.41, 5.74) is 4.80. The molecule has 0 bridgehead atoms. The van der Waals surface area contributed by atoms with Gasteiger partial charge in [0.15, 0.2) is 5.82 Å². The Balaban J connectivity index is 0.000000221. The standard InChI is InChI=1S/C18H19N5O.C7H13NO3/c1-19-18-17-16(20-6-7-21-17)12-15(22-18)13-2-4-14(5-3-13)23-8-10-24-11-9-23;9-4-1-7(10)8-2-5-11-6-3-8/h2-7,12H,8-11H2,1H3,(H,19,22);9H,1-6H2. The summed E-state index contributed by atoms with van der Waals surface area (Å²) < 4.78 is 10.5. The molecule has 1 aromatic carbocycles. The van der Waals surface area contributed by atoms with E-state index in [2.05, 4.69) is 49.4 Å². The van der Waals surface area contributed by atoms with Gasteiger partial charge in [0.25, 0.3) is 0 Å². The fourth-order valence-corrected chi connectivity index (χ4v) is 4.03. The van der Waals surface area contributed by atoms with Crippen LogP contribution in [-0.4, -0.2) is 97.1 Å². The predicted octanol–water partition coefficient (Wildman–Crippen LogP) is 1.80. The molecule has 35 heavy (non-hydrogen) atoms. The Morgan fingerprint density at radius 1 is 1.00 bits per heavy atom. The Labute approximate surface area is 204 Å². The predicted molar refractivity (Wildman–Crippen MR) is 134 cm³/mol.